The van der Waals surface area contributed by atoms with Gasteiger partial charge in [-0.1, -0.05) is 13.8 Å². The van der Waals surface area contributed by atoms with Crippen LogP contribution in [0.1, 0.15) is 50.2 Å². The SMILES string of the molecule is CC(C)c1cnnc(Nc2ccc3ncc(/C(C=N)=C/NCCCN4CCC(F)CC4)cc3n2)c1. The predicted molar refractivity (Wildman–Crippen MR) is 139 cm³/mol. The standard InChI is InChI=1S/C26H33FN8/c1-18(2)19-13-26(34-31-17-19)33-25-5-4-23-24(32-25)12-20(16-30-23)21(14-28)15-29-8-3-9-35-10-6-22(27)7-11-35/h4-5,12-18,22,28-29H,3,6-11H2,1-2H3,(H,32,33,34)/b21-15+,28-14?. The highest BCUT2D eigenvalue weighted by Crippen LogP contribution is 2.21. The molecule has 184 valence electrons. The van der Waals surface area contributed by atoms with Crippen molar-refractivity contribution in [3.8, 4) is 0 Å². The Labute approximate surface area is 205 Å². The summed E-state index contributed by atoms with van der Waals surface area (Å²) in [6, 6.07) is 7.68. The van der Waals surface area contributed by atoms with Crippen LogP contribution < -0.4 is 10.6 Å². The van der Waals surface area contributed by atoms with Gasteiger partial charge in [-0.3, -0.25) is 4.98 Å². The zero-order chi connectivity index (χ0) is 24.6. The summed E-state index contributed by atoms with van der Waals surface area (Å²) in [5, 5.41) is 22.6. The summed E-state index contributed by atoms with van der Waals surface area (Å²) in [4.78, 5) is 11.5. The van der Waals surface area contributed by atoms with Crippen molar-refractivity contribution in [3.63, 3.8) is 0 Å². The lowest BCUT2D eigenvalue weighted by atomic mass is 10.1. The molecule has 1 aliphatic rings. The summed E-state index contributed by atoms with van der Waals surface area (Å²) in [7, 11) is 0. The van der Waals surface area contributed by atoms with Crippen molar-refractivity contribution in [2.24, 2.45) is 0 Å². The summed E-state index contributed by atoms with van der Waals surface area (Å²) < 4.78 is 13.3. The molecule has 1 fully saturated rings. The number of aromatic nitrogens is 4. The number of likely N-dealkylation sites (tertiary alicyclic amines) is 1. The van der Waals surface area contributed by atoms with Crippen LogP contribution in [0.4, 0.5) is 16.0 Å². The van der Waals surface area contributed by atoms with Crippen molar-refractivity contribution in [1.82, 2.24) is 30.4 Å². The van der Waals surface area contributed by atoms with E-state index in [1.165, 1.54) is 6.21 Å². The molecule has 3 aromatic heterocycles. The molecule has 4 heterocycles. The summed E-state index contributed by atoms with van der Waals surface area (Å²) in [6.07, 6.45) is 8.31. The lowest BCUT2D eigenvalue weighted by Crippen LogP contribution is -2.35. The molecule has 0 aliphatic carbocycles. The van der Waals surface area contributed by atoms with E-state index in [4.69, 9.17) is 10.4 Å². The highest BCUT2D eigenvalue weighted by atomic mass is 19.1. The highest BCUT2D eigenvalue weighted by molar-refractivity contribution is 6.08. The van der Waals surface area contributed by atoms with Crippen LogP contribution in [0.25, 0.3) is 16.6 Å². The number of hydrogen-bond acceptors (Lipinski definition) is 8. The Morgan fingerprint density at radius 1 is 1.17 bits per heavy atom. The van der Waals surface area contributed by atoms with Gasteiger partial charge in [0.15, 0.2) is 5.82 Å². The Balaban J connectivity index is 1.39. The van der Waals surface area contributed by atoms with Crippen molar-refractivity contribution in [1.29, 1.82) is 5.41 Å². The average molecular weight is 477 g/mol. The fourth-order valence-corrected chi connectivity index (χ4v) is 4.04. The molecule has 9 heteroatoms. The molecule has 0 radical (unpaired) electrons. The van der Waals surface area contributed by atoms with E-state index in [1.807, 2.05) is 30.5 Å². The smallest absolute Gasteiger partial charge is 0.154 e. The number of anilines is 2. The van der Waals surface area contributed by atoms with E-state index < -0.39 is 6.17 Å². The molecule has 0 saturated carbocycles. The lowest BCUT2D eigenvalue weighted by molar-refractivity contribution is 0.150. The first-order valence-electron chi connectivity index (χ1n) is 12.2. The van der Waals surface area contributed by atoms with Crippen LogP contribution >= 0.6 is 0 Å². The third kappa shape index (κ3) is 6.79. The number of nitrogens with zero attached hydrogens (tertiary/aromatic N) is 5. The van der Waals surface area contributed by atoms with E-state index in [0.717, 1.165) is 60.3 Å². The van der Waals surface area contributed by atoms with Gasteiger partial charge >= 0.3 is 0 Å². The van der Waals surface area contributed by atoms with E-state index >= 15 is 0 Å². The van der Waals surface area contributed by atoms with Crippen LogP contribution in [0.15, 0.2) is 42.9 Å². The molecule has 3 aromatic rings. The number of allylic oxidation sites excluding steroid dienone is 1. The highest BCUT2D eigenvalue weighted by Gasteiger charge is 2.17. The van der Waals surface area contributed by atoms with Crippen molar-refractivity contribution >= 4 is 34.5 Å². The van der Waals surface area contributed by atoms with E-state index in [0.29, 0.717) is 30.4 Å². The van der Waals surface area contributed by atoms with Crippen molar-refractivity contribution in [2.45, 2.75) is 45.2 Å². The topological polar surface area (TPSA) is 103 Å². The Hall–Kier alpha value is -3.46. The van der Waals surface area contributed by atoms with E-state index in [9.17, 15) is 4.39 Å². The molecular formula is C26H33FN8. The number of pyridine rings is 2. The minimum Gasteiger partial charge on any atom is -0.390 e. The number of alkyl halides is 1. The maximum atomic E-state index is 13.3. The van der Waals surface area contributed by atoms with Crippen molar-refractivity contribution in [3.05, 3.63) is 54.0 Å². The number of piperidine rings is 1. The molecule has 0 atom stereocenters. The second-order valence-electron chi connectivity index (χ2n) is 9.18. The average Bonchev–Trinajstić information content (AvgIpc) is 2.87. The number of halogens is 1. The Kier molecular flexibility index (Phi) is 8.31. The molecular weight excluding hydrogens is 443 g/mol. The summed E-state index contributed by atoms with van der Waals surface area (Å²) in [5.74, 6) is 1.66. The molecule has 3 N–H and O–H groups in total. The molecule has 4 rings (SSSR count). The Morgan fingerprint density at radius 3 is 2.77 bits per heavy atom. The number of rotatable bonds is 10. The van der Waals surface area contributed by atoms with Crippen LogP contribution in [0.2, 0.25) is 0 Å². The largest absolute Gasteiger partial charge is 0.390 e. The minimum absolute atomic E-state index is 0.358. The monoisotopic (exact) mass is 476 g/mol. The molecule has 0 bridgehead atoms. The van der Waals surface area contributed by atoms with Gasteiger partial charge in [0, 0.05) is 49.4 Å². The summed E-state index contributed by atoms with van der Waals surface area (Å²) in [6.45, 7) is 7.65. The second kappa shape index (κ2) is 11.8. The van der Waals surface area contributed by atoms with Gasteiger partial charge in [0.2, 0.25) is 0 Å². The molecule has 1 saturated heterocycles. The van der Waals surface area contributed by atoms with E-state index in [-0.39, 0.29) is 0 Å². The van der Waals surface area contributed by atoms with Crippen LogP contribution in [-0.2, 0) is 0 Å². The molecule has 0 aromatic carbocycles. The van der Waals surface area contributed by atoms with Crippen molar-refractivity contribution in [2.75, 3.05) is 31.5 Å². The van der Waals surface area contributed by atoms with Gasteiger partial charge in [0.25, 0.3) is 0 Å². The zero-order valence-corrected chi connectivity index (χ0v) is 20.3. The quantitative estimate of drug-likeness (QED) is 0.288. The van der Waals surface area contributed by atoms with E-state index in [1.54, 1.807) is 12.4 Å². The summed E-state index contributed by atoms with van der Waals surface area (Å²) in [5.41, 5.74) is 4.15. The van der Waals surface area contributed by atoms with Gasteiger partial charge in [0.1, 0.15) is 12.0 Å². The normalized spacial score (nSPS) is 15.5. The van der Waals surface area contributed by atoms with Gasteiger partial charge in [-0.05, 0) is 61.6 Å². The molecule has 0 amide bonds. The minimum atomic E-state index is -0.635. The first kappa shape index (κ1) is 24.7. The van der Waals surface area contributed by atoms with Crippen LogP contribution in [0.5, 0.6) is 0 Å². The number of fused-ring (bicyclic) bond motifs is 1. The lowest BCUT2D eigenvalue weighted by Gasteiger charge is -2.28. The maximum Gasteiger partial charge on any atom is 0.154 e. The van der Waals surface area contributed by atoms with Crippen LogP contribution in [0.3, 0.4) is 0 Å². The van der Waals surface area contributed by atoms with Crippen molar-refractivity contribution < 1.29 is 4.39 Å². The Morgan fingerprint density at radius 2 is 2.00 bits per heavy atom. The second-order valence-corrected chi connectivity index (χ2v) is 9.18. The third-order valence-electron chi connectivity index (χ3n) is 6.19. The van der Waals surface area contributed by atoms with Crippen LogP contribution in [-0.4, -0.2) is 63.6 Å². The zero-order valence-electron chi connectivity index (χ0n) is 20.3. The maximum absolute atomic E-state index is 13.3. The van der Waals surface area contributed by atoms with Gasteiger partial charge < -0.3 is 20.9 Å². The van der Waals surface area contributed by atoms with Gasteiger partial charge in [-0.2, -0.15) is 5.10 Å². The first-order valence-corrected chi connectivity index (χ1v) is 12.2. The molecule has 8 nitrogen and oxygen atoms in total. The predicted octanol–water partition coefficient (Wildman–Crippen LogP) is 4.69. The fourth-order valence-electron chi connectivity index (χ4n) is 4.04. The first-order chi connectivity index (χ1) is 17.0. The Bertz CT molecular complexity index is 1170. The van der Waals surface area contributed by atoms with Crippen LogP contribution in [0, 0.1) is 5.41 Å². The third-order valence-corrected chi connectivity index (χ3v) is 6.19. The summed E-state index contributed by atoms with van der Waals surface area (Å²) >= 11 is 0. The number of hydrogen-bond donors (Lipinski definition) is 3. The molecule has 0 spiro atoms. The number of nitrogens with one attached hydrogen (secondary N) is 3. The molecule has 0 unspecified atom stereocenters. The molecule has 1 aliphatic heterocycles. The molecule has 35 heavy (non-hydrogen) atoms. The van der Waals surface area contributed by atoms with E-state index in [2.05, 4.69) is 44.6 Å². The van der Waals surface area contributed by atoms with Gasteiger partial charge in [0.05, 0.1) is 17.2 Å². The fraction of sp³-hybridized carbons (Fsp3) is 0.423. The van der Waals surface area contributed by atoms with Gasteiger partial charge in [-0.15, -0.1) is 5.10 Å². The van der Waals surface area contributed by atoms with Gasteiger partial charge in [-0.25, -0.2) is 9.37 Å².